The summed E-state index contributed by atoms with van der Waals surface area (Å²) in [6, 6.07) is 6.00. The highest BCUT2D eigenvalue weighted by Crippen LogP contribution is 2.22. The Hall–Kier alpha value is -0.540. The molecule has 0 unspecified atom stereocenters. The van der Waals surface area contributed by atoms with Crippen molar-refractivity contribution in [2.45, 2.75) is 26.2 Å². The Labute approximate surface area is 99.4 Å². The van der Waals surface area contributed by atoms with Gasteiger partial charge in [-0.2, -0.15) is 0 Å². The van der Waals surface area contributed by atoms with Gasteiger partial charge in [-0.05, 0) is 49.9 Å². The van der Waals surface area contributed by atoms with Crippen molar-refractivity contribution in [1.82, 2.24) is 0 Å². The molecule has 1 aromatic rings. The van der Waals surface area contributed by atoms with E-state index in [1.807, 2.05) is 25.1 Å². The van der Waals surface area contributed by atoms with E-state index in [9.17, 15) is 0 Å². The molecule has 0 bridgehead atoms. The number of benzene rings is 1. The van der Waals surface area contributed by atoms with E-state index in [1.54, 1.807) is 0 Å². The zero-order chi connectivity index (χ0) is 11.1. The molecule has 0 aliphatic rings. The van der Waals surface area contributed by atoms with Crippen LogP contribution in [0, 0.1) is 6.92 Å². The number of aryl methyl sites for hydroxylation is 1. The number of aliphatic hydroxyl groups is 1. The Morgan fingerprint density at radius 3 is 2.73 bits per heavy atom. The molecule has 0 radical (unpaired) electrons. The Morgan fingerprint density at radius 1 is 1.27 bits per heavy atom. The summed E-state index contributed by atoms with van der Waals surface area (Å²) in [5, 5.41) is 8.61. The van der Waals surface area contributed by atoms with E-state index in [4.69, 9.17) is 9.84 Å². The van der Waals surface area contributed by atoms with Gasteiger partial charge < -0.3 is 9.84 Å². The highest BCUT2D eigenvalue weighted by Gasteiger charge is 1.99. The van der Waals surface area contributed by atoms with E-state index in [2.05, 4.69) is 15.9 Å². The first-order chi connectivity index (χ1) is 7.24. The average molecular weight is 273 g/mol. The monoisotopic (exact) mass is 272 g/mol. The highest BCUT2D eigenvalue weighted by molar-refractivity contribution is 9.10. The molecule has 0 spiro atoms. The summed E-state index contributed by atoms with van der Waals surface area (Å²) in [6.07, 6.45) is 2.88. The lowest BCUT2D eigenvalue weighted by Gasteiger charge is -2.08. The minimum atomic E-state index is 0.275. The van der Waals surface area contributed by atoms with Crippen LogP contribution in [0.2, 0.25) is 0 Å². The number of rotatable bonds is 6. The van der Waals surface area contributed by atoms with Crippen molar-refractivity contribution in [1.29, 1.82) is 0 Å². The molecular weight excluding hydrogens is 256 g/mol. The summed E-state index contributed by atoms with van der Waals surface area (Å²) in [6.45, 7) is 3.04. The van der Waals surface area contributed by atoms with Crippen molar-refractivity contribution in [2.75, 3.05) is 13.2 Å². The number of halogens is 1. The number of ether oxygens (including phenoxy) is 1. The first-order valence-electron chi connectivity index (χ1n) is 5.24. The molecule has 1 aromatic carbocycles. The molecule has 0 heterocycles. The molecule has 2 nitrogen and oxygen atoms in total. The van der Waals surface area contributed by atoms with Crippen LogP contribution in [0.3, 0.4) is 0 Å². The fraction of sp³-hybridized carbons (Fsp3) is 0.500. The van der Waals surface area contributed by atoms with Gasteiger partial charge in [0.25, 0.3) is 0 Å². The fourth-order valence-corrected chi connectivity index (χ4v) is 1.82. The largest absolute Gasteiger partial charge is 0.493 e. The van der Waals surface area contributed by atoms with E-state index in [1.165, 1.54) is 0 Å². The van der Waals surface area contributed by atoms with E-state index in [0.29, 0.717) is 0 Å². The fourth-order valence-electron chi connectivity index (χ4n) is 1.35. The van der Waals surface area contributed by atoms with Crippen molar-refractivity contribution in [3.8, 4) is 5.75 Å². The lowest BCUT2D eigenvalue weighted by Crippen LogP contribution is -1.99. The van der Waals surface area contributed by atoms with Crippen molar-refractivity contribution in [2.24, 2.45) is 0 Å². The maximum atomic E-state index is 8.61. The number of unbranched alkanes of at least 4 members (excludes halogenated alkanes) is 2. The summed E-state index contributed by atoms with van der Waals surface area (Å²) < 4.78 is 6.71. The molecule has 0 saturated heterocycles. The van der Waals surface area contributed by atoms with E-state index in [-0.39, 0.29) is 6.61 Å². The minimum absolute atomic E-state index is 0.275. The van der Waals surface area contributed by atoms with Crippen molar-refractivity contribution < 1.29 is 9.84 Å². The van der Waals surface area contributed by atoms with Gasteiger partial charge in [-0.1, -0.05) is 15.9 Å². The van der Waals surface area contributed by atoms with Crippen LogP contribution < -0.4 is 4.74 Å². The van der Waals surface area contributed by atoms with Gasteiger partial charge in [-0.25, -0.2) is 0 Å². The molecule has 1 rings (SSSR count). The van der Waals surface area contributed by atoms with Crippen LogP contribution in [0.4, 0.5) is 0 Å². The number of hydrogen-bond donors (Lipinski definition) is 1. The zero-order valence-corrected chi connectivity index (χ0v) is 10.6. The molecule has 84 valence electrons. The van der Waals surface area contributed by atoms with Crippen molar-refractivity contribution >= 4 is 15.9 Å². The van der Waals surface area contributed by atoms with Gasteiger partial charge in [-0.15, -0.1) is 0 Å². The number of hydrogen-bond acceptors (Lipinski definition) is 2. The van der Waals surface area contributed by atoms with Crippen LogP contribution in [0.25, 0.3) is 0 Å². The second-order valence-electron chi connectivity index (χ2n) is 3.54. The predicted octanol–water partition coefficient (Wildman–Crippen LogP) is 3.30. The van der Waals surface area contributed by atoms with Gasteiger partial charge in [0.2, 0.25) is 0 Å². The molecule has 0 aliphatic heterocycles. The third kappa shape index (κ3) is 4.67. The second-order valence-corrected chi connectivity index (χ2v) is 4.46. The average Bonchev–Trinajstić information content (AvgIpc) is 2.20. The molecule has 0 amide bonds. The molecule has 0 saturated carbocycles. The van der Waals surface area contributed by atoms with E-state index < -0.39 is 0 Å². The standard InChI is InChI=1S/C12H17BrO2/c1-10-9-11(13)5-6-12(10)15-8-4-2-3-7-14/h5-6,9,14H,2-4,7-8H2,1H3. The van der Waals surface area contributed by atoms with Crippen molar-refractivity contribution in [3.05, 3.63) is 28.2 Å². The Bertz CT molecular complexity index is 300. The molecule has 0 fully saturated rings. The summed E-state index contributed by atoms with van der Waals surface area (Å²) in [7, 11) is 0. The van der Waals surface area contributed by atoms with E-state index in [0.717, 1.165) is 41.7 Å². The van der Waals surface area contributed by atoms with Gasteiger partial charge in [0.05, 0.1) is 6.61 Å². The maximum Gasteiger partial charge on any atom is 0.122 e. The molecule has 0 atom stereocenters. The van der Waals surface area contributed by atoms with Crippen LogP contribution in [0.1, 0.15) is 24.8 Å². The van der Waals surface area contributed by atoms with Gasteiger partial charge in [0, 0.05) is 11.1 Å². The molecule has 0 aromatic heterocycles. The Balaban J connectivity index is 2.31. The third-order valence-corrected chi connectivity index (χ3v) is 2.69. The van der Waals surface area contributed by atoms with Crippen LogP contribution in [0.15, 0.2) is 22.7 Å². The zero-order valence-electron chi connectivity index (χ0n) is 9.00. The molecule has 15 heavy (non-hydrogen) atoms. The summed E-state index contributed by atoms with van der Waals surface area (Å²) in [5.74, 6) is 0.946. The predicted molar refractivity (Wildman–Crippen MR) is 65.3 cm³/mol. The normalized spacial score (nSPS) is 10.3. The molecule has 1 N–H and O–H groups in total. The molecular formula is C12H17BrO2. The lowest BCUT2D eigenvalue weighted by molar-refractivity contribution is 0.265. The first kappa shape index (κ1) is 12.5. The van der Waals surface area contributed by atoms with Gasteiger partial charge >= 0.3 is 0 Å². The molecule has 0 aliphatic carbocycles. The first-order valence-corrected chi connectivity index (χ1v) is 6.03. The molecule has 3 heteroatoms. The van der Waals surface area contributed by atoms with Crippen LogP contribution in [-0.2, 0) is 0 Å². The summed E-state index contributed by atoms with van der Waals surface area (Å²) >= 11 is 3.42. The van der Waals surface area contributed by atoms with Gasteiger partial charge in [0.1, 0.15) is 5.75 Å². The quantitative estimate of drug-likeness (QED) is 0.806. The Morgan fingerprint density at radius 2 is 2.07 bits per heavy atom. The topological polar surface area (TPSA) is 29.5 Å². The van der Waals surface area contributed by atoms with E-state index >= 15 is 0 Å². The van der Waals surface area contributed by atoms with Crippen LogP contribution >= 0.6 is 15.9 Å². The minimum Gasteiger partial charge on any atom is -0.493 e. The van der Waals surface area contributed by atoms with Crippen LogP contribution in [-0.4, -0.2) is 18.3 Å². The van der Waals surface area contributed by atoms with Crippen molar-refractivity contribution in [3.63, 3.8) is 0 Å². The SMILES string of the molecule is Cc1cc(Br)ccc1OCCCCCO. The smallest absolute Gasteiger partial charge is 0.122 e. The lowest BCUT2D eigenvalue weighted by atomic mass is 10.2. The van der Waals surface area contributed by atoms with Gasteiger partial charge in [0.15, 0.2) is 0 Å². The highest BCUT2D eigenvalue weighted by atomic mass is 79.9. The Kier molecular flexibility index (Phi) is 5.73. The summed E-state index contributed by atoms with van der Waals surface area (Å²) in [5.41, 5.74) is 1.14. The third-order valence-electron chi connectivity index (χ3n) is 2.20. The van der Waals surface area contributed by atoms with Crippen LogP contribution in [0.5, 0.6) is 5.75 Å². The maximum absolute atomic E-state index is 8.61. The second kappa shape index (κ2) is 6.85. The van der Waals surface area contributed by atoms with Gasteiger partial charge in [-0.3, -0.25) is 0 Å². The summed E-state index contributed by atoms with van der Waals surface area (Å²) in [4.78, 5) is 0. The number of aliphatic hydroxyl groups excluding tert-OH is 1.